The van der Waals surface area contributed by atoms with Crippen molar-refractivity contribution >= 4 is 27.4 Å². The van der Waals surface area contributed by atoms with E-state index in [9.17, 15) is 4.79 Å². The summed E-state index contributed by atoms with van der Waals surface area (Å²) in [5.41, 5.74) is 2.12. The molecule has 0 aliphatic rings. The van der Waals surface area contributed by atoms with Gasteiger partial charge in [0.2, 0.25) is 0 Å². The number of nitrogens with zero attached hydrogens (tertiary/aromatic N) is 2. The molecule has 0 saturated heterocycles. The van der Waals surface area contributed by atoms with Gasteiger partial charge in [0.25, 0.3) is 0 Å². The Morgan fingerprint density at radius 2 is 2.11 bits per heavy atom. The molecule has 3 aromatic rings. The van der Waals surface area contributed by atoms with Crippen LogP contribution in [0.4, 0.5) is 0 Å². The maximum Gasteiger partial charge on any atom is 0.356 e. The minimum Gasteiger partial charge on any atom is -0.476 e. The Morgan fingerprint density at radius 3 is 2.79 bits per heavy atom. The van der Waals surface area contributed by atoms with Gasteiger partial charge in [-0.25, -0.2) is 4.79 Å². The first kappa shape index (κ1) is 11.9. The number of rotatable bonds is 2. The number of aromatic carboxylic acids is 1. The summed E-state index contributed by atoms with van der Waals surface area (Å²) in [5.74, 6) is -1.00. The second-order valence-corrected chi connectivity index (χ2v) is 5.58. The molecule has 0 aliphatic carbocycles. The molecule has 3 rings (SSSR count). The van der Waals surface area contributed by atoms with Crippen molar-refractivity contribution in [3.05, 3.63) is 41.6 Å². The third-order valence-electron chi connectivity index (χ3n) is 3.02. The zero-order valence-electron chi connectivity index (χ0n) is 10.5. The molecule has 0 atom stereocenters. The van der Waals surface area contributed by atoms with Crippen LogP contribution in [-0.4, -0.2) is 20.9 Å². The van der Waals surface area contributed by atoms with E-state index in [1.165, 1.54) is 15.6 Å². The zero-order valence-corrected chi connectivity index (χ0v) is 11.4. The monoisotopic (exact) mass is 272 g/mol. The molecular weight excluding hydrogens is 260 g/mol. The van der Waals surface area contributed by atoms with Gasteiger partial charge in [-0.1, -0.05) is 17.7 Å². The molecule has 0 radical (unpaired) electrons. The van der Waals surface area contributed by atoms with Crippen LogP contribution in [0.1, 0.15) is 16.1 Å². The number of hydrogen-bond acceptors (Lipinski definition) is 3. The van der Waals surface area contributed by atoms with Gasteiger partial charge in [-0.3, -0.25) is 4.68 Å². The molecule has 2 heterocycles. The minimum atomic E-state index is -1.00. The van der Waals surface area contributed by atoms with E-state index >= 15 is 0 Å². The smallest absolute Gasteiger partial charge is 0.356 e. The molecular formula is C14H12N2O2S. The van der Waals surface area contributed by atoms with E-state index < -0.39 is 5.97 Å². The van der Waals surface area contributed by atoms with Gasteiger partial charge in [-0.15, -0.1) is 11.3 Å². The van der Waals surface area contributed by atoms with Crippen molar-refractivity contribution in [2.45, 2.75) is 6.92 Å². The van der Waals surface area contributed by atoms with Gasteiger partial charge < -0.3 is 5.11 Å². The number of benzene rings is 1. The average Bonchev–Trinajstić information content (AvgIpc) is 2.91. The lowest BCUT2D eigenvalue weighted by molar-refractivity contribution is 0.0689. The number of carboxylic acids is 1. The van der Waals surface area contributed by atoms with Gasteiger partial charge in [-0.2, -0.15) is 5.10 Å². The van der Waals surface area contributed by atoms with Crippen LogP contribution >= 0.6 is 11.3 Å². The Morgan fingerprint density at radius 1 is 1.32 bits per heavy atom. The summed E-state index contributed by atoms with van der Waals surface area (Å²) in [5, 5.41) is 14.2. The van der Waals surface area contributed by atoms with Crippen LogP contribution in [0, 0.1) is 6.92 Å². The van der Waals surface area contributed by atoms with E-state index in [0.717, 1.165) is 10.6 Å². The number of aryl methyl sites for hydroxylation is 2. The quantitative estimate of drug-likeness (QED) is 0.778. The number of carbonyl (C=O) groups is 1. The van der Waals surface area contributed by atoms with E-state index in [1.54, 1.807) is 29.1 Å². The minimum absolute atomic E-state index is 0.0751. The van der Waals surface area contributed by atoms with Crippen LogP contribution in [0.2, 0.25) is 0 Å². The first-order valence-corrected chi connectivity index (χ1v) is 6.64. The maximum atomic E-state index is 10.9. The highest BCUT2D eigenvalue weighted by Crippen LogP contribution is 2.34. The highest BCUT2D eigenvalue weighted by molar-refractivity contribution is 7.22. The molecule has 1 N–H and O–H groups in total. The van der Waals surface area contributed by atoms with E-state index in [-0.39, 0.29) is 5.69 Å². The molecule has 5 heteroatoms. The molecule has 1 aromatic carbocycles. The normalized spacial score (nSPS) is 11.1. The van der Waals surface area contributed by atoms with Gasteiger partial charge in [0.15, 0.2) is 5.69 Å². The molecule has 0 fully saturated rings. The summed E-state index contributed by atoms with van der Waals surface area (Å²) in [4.78, 5) is 12.0. The van der Waals surface area contributed by atoms with Crippen LogP contribution in [0.25, 0.3) is 20.7 Å². The molecule has 0 bridgehead atoms. The van der Waals surface area contributed by atoms with Gasteiger partial charge in [0.05, 0.1) is 10.6 Å². The lowest BCUT2D eigenvalue weighted by Crippen LogP contribution is -1.99. The van der Waals surface area contributed by atoms with E-state index in [0.29, 0.717) is 0 Å². The summed E-state index contributed by atoms with van der Waals surface area (Å²) in [6.45, 7) is 2.06. The predicted molar refractivity (Wildman–Crippen MR) is 75.7 cm³/mol. The Balaban J connectivity index is 2.16. The summed E-state index contributed by atoms with van der Waals surface area (Å²) >= 11 is 1.64. The lowest BCUT2D eigenvalue weighted by Gasteiger charge is -1.95. The Hall–Kier alpha value is -2.14. The molecule has 0 spiro atoms. The molecule has 0 unspecified atom stereocenters. The van der Waals surface area contributed by atoms with Crippen LogP contribution in [-0.2, 0) is 7.05 Å². The fourth-order valence-electron chi connectivity index (χ4n) is 2.09. The first-order chi connectivity index (χ1) is 9.04. The van der Waals surface area contributed by atoms with Crippen LogP contribution in [0.3, 0.4) is 0 Å². The van der Waals surface area contributed by atoms with Crippen LogP contribution in [0.15, 0.2) is 30.3 Å². The maximum absolute atomic E-state index is 10.9. The average molecular weight is 272 g/mol. The summed E-state index contributed by atoms with van der Waals surface area (Å²) in [7, 11) is 1.76. The molecule has 4 nitrogen and oxygen atoms in total. The van der Waals surface area contributed by atoms with Crippen molar-refractivity contribution in [1.82, 2.24) is 9.78 Å². The van der Waals surface area contributed by atoms with Crippen molar-refractivity contribution in [2.75, 3.05) is 0 Å². The van der Waals surface area contributed by atoms with Gasteiger partial charge in [-0.05, 0) is 30.5 Å². The number of aromatic nitrogens is 2. The Bertz CT molecular complexity index is 786. The lowest BCUT2D eigenvalue weighted by atomic mass is 10.2. The van der Waals surface area contributed by atoms with Crippen molar-refractivity contribution in [3.8, 4) is 10.6 Å². The SMILES string of the molecule is Cc1ccc2sc(-c3cc(C(=O)O)nn3C)cc2c1. The van der Waals surface area contributed by atoms with Crippen molar-refractivity contribution in [1.29, 1.82) is 0 Å². The van der Waals surface area contributed by atoms with E-state index in [1.807, 2.05) is 0 Å². The number of carboxylic acid groups (broad SMARTS) is 1. The zero-order chi connectivity index (χ0) is 13.6. The molecule has 96 valence electrons. The molecule has 0 saturated carbocycles. The topological polar surface area (TPSA) is 55.1 Å². The number of hydrogen-bond donors (Lipinski definition) is 1. The largest absolute Gasteiger partial charge is 0.476 e. The fraction of sp³-hybridized carbons (Fsp3) is 0.143. The Kier molecular flexibility index (Phi) is 2.64. The first-order valence-electron chi connectivity index (χ1n) is 5.82. The highest BCUT2D eigenvalue weighted by atomic mass is 32.1. The standard InChI is InChI=1S/C14H12N2O2S/c1-8-3-4-12-9(5-8)6-13(19-12)11-7-10(14(17)18)15-16(11)2/h3-7H,1-2H3,(H,17,18). The third-order valence-corrected chi connectivity index (χ3v) is 4.16. The third kappa shape index (κ3) is 2.02. The predicted octanol–water partition coefficient (Wildman–Crippen LogP) is 3.31. The second kappa shape index (κ2) is 4.20. The van der Waals surface area contributed by atoms with Crippen molar-refractivity contribution in [2.24, 2.45) is 7.05 Å². The highest BCUT2D eigenvalue weighted by Gasteiger charge is 2.14. The van der Waals surface area contributed by atoms with Crippen molar-refractivity contribution < 1.29 is 9.90 Å². The summed E-state index contributed by atoms with van der Waals surface area (Å²) < 4.78 is 2.81. The van der Waals surface area contributed by atoms with Crippen LogP contribution < -0.4 is 0 Å². The number of fused-ring (bicyclic) bond motifs is 1. The molecule has 0 aliphatic heterocycles. The van der Waals surface area contributed by atoms with E-state index in [2.05, 4.69) is 36.3 Å². The van der Waals surface area contributed by atoms with Gasteiger partial charge in [0, 0.05) is 11.7 Å². The molecule has 19 heavy (non-hydrogen) atoms. The summed E-state index contributed by atoms with van der Waals surface area (Å²) in [6, 6.07) is 9.99. The van der Waals surface area contributed by atoms with Crippen molar-refractivity contribution in [3.63, 3.8) is 0 Å². The fourth-order valence-corrected chi connectivity index (χ4v) is 3.18. The second-order valence-electron chi connectivity index (χ2n) is 4.50. The van der Waals surface area contributed by atoms with Gasteiger partial charge in [0.1, 0.15) is 0 Å². The Labute approximate surface area is 113 Å². The molecule has 0 amide bonds. The number of thiophene rings is 1. The van der Waals surface area contributed by atoms with Crippen LogP contribution in [0.5, 0.6) is 0 Å². The van der Waals surface area contributed by atoms with E-state index in [4.69, 9.17) is 5.11 Å². The van der Waals surface area contributed by atoms with Gasteiger partial charge >= 0.3 is 5.97 Å². The summed E-state index contributed by atoms with van der Waals surface area (Å²) in [6.07, 6.45) is 0. The molecule has 2 aromatic heterocycles.